The summed E-state index contributed by atoms with van der Waals surface area (Å²) in [6, 6.07) is 2.24. The fourth-order valence-corrected chi connectivity index (χ4v) is 1.44. The summed E-state index contributed by atoms with van der Waals surface area (Å²) >= 11 is 0. The van der Waals surface area contributed by atoms with Crippen LogP contribution in [0.5, 0.6) is 11.5 Å². The lowest BCUT2D eigenvalue weighted by Gasteiger charge is -2.13. The lowest BCUT2D eigenvalue weighted by Crippen LogP contribution is -2.42. The molecular weight excluding hydrogens is 270 g/mol. The number of hydrogen-bond acceptors (Lipinski definition) is 5. The van der Waals surface area contributed by atoms with Crippen molar-refractivity contribution in [1.29, 1.82) is 0 Å². The van der Waals surface area contributed by atoms with Crippen molar-refractivity contribution in [3.8, 4) is 11.5 Å². The standard InChI is InChI=1S/C12H13NO7/c1-20-6-2-3-7(9(14)4-6)11(17)13-8(12(18)19)5-10(15)16/h2-4,8,14H,5H2,1H3,(H,13,17)(H,15,16)(H,18,19)/t8-/m0/s1. The van der Waals surface area contributed by atoms with E-state index in [1.165, 1.54) is 25.3 Å². The number of carboxylic acid groups (broad SMARTS) is 2. The second kappa shape index (κ2) is 6.41. The van der Waals surface area contributed by atoms with Gasteiger partial charge in [0.15, 0.2) is 0 Å². The molecule has 0 aliphatic heterocycles. The van der Waals surface area contributed by atoms with Crippen molar-refractivity contribution in [2.24, 2.45) is 0 Å². The molecule has 1 atom stereocenters. The van der Waals surface area contributed by atoms with Crippen molar-refractivity contribution < 1.29 is 34.4 Å². The number of carbonyl (C=O) groups excluding carboxylic acids is 1. The van der Waals surface area contributed by atoms with E-state index in [0.717, 1.165) is 0 Å². The Bertz CT molecular complexity index is 541. The van der Waals surface area contributed by atoms with Gasteiger partial charge in [-0.2, -0.15) is 0 Å². The van der Waals surface area contributed by atoms with Crippen molar-refractivity contribution in [2.45, 2.75) is 12.5 Å². The van der Waals surface area contributed by atoms with Crippen LogP contribution in [0.25, 0.3) is 0 Å². The summed E-state index contributed by atoms with van der Waals surface area (Å²) in [5.74, 6) is -3.81. The van der Waals surface area contributed by atoms with Crippen LogP contribution >= 0.6 is 0 Å². The first-order chi connectivity index (χ1) is 9.35. The van der Waals surface area contributed by atoms with Gasteiger partial charge in [0.1, 0.15) is 17.5 Å². The number of ether oxygens (including phenoxy) is 1. The highest BCUT2D eigenvalue weighted by atomic mass is 16.5. The summed E-state index contributed by atoms with van der Waals surface area (Å²) in [7, 11) is 1.38. The number of carbonyl (C=O) groups is 3. The maximum absolute atomic E-state index is 11.8. The fraction of sp³-hybridized carbons (Fsp3) is 0.250. The van der Waals surface area contributed by atoms with Crippen LogP contribution in [0.15, 0.2) is 18.2 Å². The average molecular weight is 283 g/mol. The lowest BCUT2D eigenvalue weighted by molar-refractivity contribution is -0.145. The minimum absolute atomic E-state index is 0.178. The van der Waals surface area contributed by atoms with Crippen LogP contribution in [0.1, 0.15) is 16.8 Å². The highest BCUT2D eigenvalue weighted by Gasteiger charge is 2.24. The van der Waals surface area contributed by atoms with Gasteiger partial charge in [-0.15, -0.1) is 0 Å². The quantitative estimate of drug-likeness (QED) is 0.580. The molecule has 1 amide bonds. The van der Waals surface area contributed by atoms with Gasteiger partial charge in [0.05, 0.1) is 19.1 Å². The van der Waals surface area contributed by atoms with Gasteiger partial charge in [-0.25, -0.2) is 4.79 Å². The first-order valence-corrected chi connectivity index (χ1v) is 5.47. The molecule has 20 heavy (non-hydrogen) atoms. The Hall–Kier alpha value is -2.77. The van der Waals surface area contributed by atoms with Crippen LogP contribution in [0.4, 0.5) is 0 Å². The van der Waals surface area contributed by atoms with Gasteiger partial charge in [-0.05, 0) is 12.1 Å². The van der Waals surface area contributed by atoms with Gasteiger partial charge in [0.2, 0.25) is 0 Å². The molecule has 0 saturated carbocycles. The summed E-state index contributed by atoms with van der Waals surface area (Å²) in [5, 5.41) is 29.0. The number of nitrogens with one attached hydrogen (secondary N) is 1. The van der Waals surface area contributed by atoms with E-state index in [0.29, 0.717) is 5.75 Å². The van der Waals surface area contributed by atoms with Crippen LogP contribution in [-0.4, -0.2) is 46.3 Å². The minimum Gasteiger partial charge on any atom is -0.507 e. The van der Waals surface area contributed by atoms with Gasteiger partial charge in [-0.3, -0.25) is 9.59 Å². The molecule has 0 spiro atoms. The fourth-order valence-electron chi connectivity index (χ4n) is 1.44. The van der Waals surface area contributed by atoms with Crippen molar-refractivity contribution in [1.82, 2.24) is 5.32 Å². The molecule has 8 nitrogen and oxygen atoms in total. The molecule has 0 aliphatic rings. The largest absolute Gasteiger partial charge is 0.507 e. The Kier molecular flexibility index (Phi) is 4.90. The lowest BCUT2D eigenvalue weighted by atomic mass is 10.1. The van der Waals surface area contributed by atoms with Crippen molar-refractivity contribution in [3.05, 3.63) is 23.8 Å². The number of phenolic OH excluding ortho intramolecular Hbond substituents is 1. The van der Waals surface area contributed by atoms with E-state index in [9.17, 15) is 19.5 Å². The van der Waals surface area contributed by atoms with E-state index in [1.807, 2.05) is 5.32 Å². The number of phenols is 1. The van der Waals surface area contributed by atoms with Crippen molar-refractivity contribution in [2.75, 3.05) is 7.11 Å². The van der Waals surface area contributed by atoms with E-state index in [2.05, 4.69) is 0 Å². The number of carboxylic acids is 2. The number of aromatic hydroxyl groups is 1. The highest BCUT2D eigenvalue weighted by molar-refractivity contribution is 5.99. The Balaban J connectivity index is 2.89. The average Bonchev–Trinajstić information content (AvgIpc) is 2.36. The number of methoxy groups -OCH3 is 1. The maximum atomic E-state index is 11.8. The summed E-state index contributed by atoms with van der Waals surface area (Å²) in [6.07, 6.45) is -0.766. The highest BCUT2D eigenvalue weighted by Crippen LogP contribution is 2.23. The predicted octanol–water partition coefficient (Wildman–Crippen LogP) is 0.0585. The molecule has 0 heterocycles. The molecule has 0 aliphatic carbocycles. The van der Waals surface area contributed by atoms with Gasteiger partial charge in [0, 0.05) is 6.07 Å². The zero-order valence-electron chi connectivity index (χ0n) is 10.5. The molecule has 0 radical (unpaired) electrons. The van der Waals surface area contributed by atoms with Gasteiger partial charge in [0.25, 0.3) is 5.91 Å². The molecule has 0 unspecified atom stereocenters. The molecule has 8 heteroatoms. The zero-order chi connectivity index (χ0) is 15.3. The van der Waals surface area contributed by atoms with Gasteiger partial charge < -0.3 is 25.4 Å². The van der Waals surface area contributed by atoms with Crippen molar-refractivity contribution >= 4 is 17.8 Å². The van der Waals surface area contributed by atoms with E-state index < -0.39 is 36.1 Å². The second-order valence-corrected chi connectivity index (χ2v) is 3.85. The number of rotatable bonds is 6. The number of amides is 1. The van der Waals surface area contributed by atoms with Crippen LogP contribution in [0.3, 0.4) is 0 Å². The molecule has 0 bridgehead atoms. The summed E-state index contributed by atoms with van der Waals surface area (Å²) in [5.41, 5.74) is -0.178. The normalized spacial score (nSPS) is 11.4. The van der Waals surface area contributed by atoms with Crippen LogP contribution < -0.4 is 10.1 Å². The molecule has 0 aromatic heterocycles. The second-order valence-electron chi connectivity index (χ2n) is 3.85. The van der Waals surface area contributed by atoms with Gasteiger partial charge >= 0.3 is 11.9 Å². The first-order valence-electron chi connectivity index (χ1n) is 5.47. The summed E-state index contributed by atoms with van der Waals surface area (Å²) in [6.45, 7) is 0. The summed E-state index contributed by atoms with van der Waals surface area (Å²) < 4.78 is 4.84. The maximum Gasteiger partial charge on any atom is 0.326 e. The van der Waals surface area contributed by atoms with Crippen LogP contribution in [-0.2, 0) is 9.59 Å². The smallest absolute Gasteiger partial charge is 0.326 e. The molecule has 0 fully saturated rings. The minimum atomic E-state index is -1.58. The van der Waals surface area contributed by atoms with Crippen molar-refractivity contribution in [3.63, 3.8) is 0 Å². The van der Waals surface area contributed by atoms with E-state index in [1.54, 1.807) is 0 Å². The molecule has 1 aromatic rings. The topological polar surface area (TPSA) is 133 Å². The Morgan fingerprint density at radius 3 is 2.40 bits per heavy atom. The SMILES string of the molecule is COc1ccc(C(=O)N[C@@H](CC(=O)O)C(=O)O)c(O)c1. The molecule has 1 aromatic carbocycles. The molecule has 4 N–H and O–H groups in total. The Morgan fingerprint density at radius 2 is 1.95 bits per heavy atom. The Labute approximate surface area is 113 Å². The monoisotopic (exact) mass is 283 g/mol. The molecule has 1 rings (SSSR count). The third-order valence-electron chi connectivity index (χ3n) is 2.43. The summed E-state index contributed by atoms with van der Waals surface area (Å²) in [4.78, 5) is 33.1. The third-order valence-corrected chi connectivity index (χ3v) is 2.43. The van der Waals surface area contributed by atoms with E-state index >= 15 is 0 Å². The number of hydrogen-bond donors (Lipinski definition) is 4. The molecular formula is C12H13NO7. The molecule has 0 saturated heterocycles. The number of aliphatic carboxylic acids is 2. The van der Waals surface area contributed by atoms with Gasteiger partial charge in [-0.1, -0.05) is 0 Å². The molecule has 108 valence electrons. The van der Waals surface area contributed by atoms with E-state index in [4.69, 9.17) is 14.9 Å². The number of benzene rings is 1. The van der Waals surface area contributed by atoms with Crippen LogP contribution in [0, 0.1) is 0 Å². The van der Waals surface area contributed by atoms with E-state index in [-0.39, 0.29) is 5.56 Å². The first kappa shape index (κ1) is 15.3. The predicted molar refractivity (Wildman–Crippen MR) is 65.8 cm³/mol. The zero-order valence-corrected chi connectivity index (χ0v) is 10.5. The third kappa shape index (κ3) is 3.87. The van der Waals surface area contributed by atoms with Crippen LogP contribution in [0.2, 0.25) is 0 Å². The Morgan fingerprint density at radius 1 is 1.30 bits per heavy atom.